The summed E-state index contributed by atoms with van der Waals surface area (Å²) in [6.07, 6.45) is 1.76. The van der Waals surface area contributed by atoms with E-state index in [-0.39, 0.29) is 34.4 Å². The number of carboxylic acid groups (broad SMARTS) is 1. The van der Waals surface area contributed by atoms with Crippen molar-refractivity contribution in [2.75, 3.05) is 6.54 Å². The number of aliphatic hydroxyl groups excluding tert-OH is 1. The van der Waals surface area contributed by atoms with Crippen LogP contribution in [-0.2, 0) is 10.0 Å². The third-order valence-electron chi connectivity index (χ3n) is 3.84. The van der Waals surface area contributed by atoms with Gasteiger partial charge in [-0.3, -0.25) is 0 Å². The second-order valence-corrected chi connectivity index (χ2v) is 7.04. The molecule has 3 N–H and O–H groups in total. The molecule has 0 aliphatic heterocycles. The number of rotatable bonds is 5. The summed E-state index contributed by atoms with van der Waals surface area (Å²) >= 11 is 0. The summed E-state index contributed by atoms with van der Waals surface area (Å²) < 4.78 is 32.2. The summed E-state index contributed by atoms with van der Waals surface area (Å²) in [5.74, 6) is -1.38. The number of sulfonamides is 1. The summed E-state index contributed by atoms with van der Waals surface area (Å²) in [4.78, 5) is 10.9. The molecule has 1 saturated carbocycles. The largest absolute Gasteiger partial charge is 0.478 e. The normalized spacial score (nSPS) is 22.6. The smallest absolute Gasteiger partial charge is 0.340 e. The third-order valence-corrected chi connectivity index (χ3v) is 5.42. The van der Waals surface area contributed by atoms with Crippen molar-refractivity contribution >= 4 is 16.0 Å². The van der Waals surface area contributed by atoms with Crippen molar-refractivity contribution in [3.05, 3.63) is 17.1 Å². The summed E-state index contributed by atoms with van der Waals surface area (Å²) in [5.41, 5.74) is -0.341. The minimum atomic E-state index is -3.99. The predicted octanol–water partition coefficient (Wildman–Crippen LogP) is 1.03. The van der Waals surface area contributed by atoms with Crippen molar-refractivity contribution in [2.45, 2.75) is 44.1 Å². The van der Waals surface area contributed by atoms with E-state index < -0.39 is 22.1 Å². The maximum absolute atomic E-state index is 12.3. The highest BCUT2D eigenvalue weighted by Crippen LogP contribution is 2.28. The highest BCUT2D eigenvalue weighted by atomic mass is 32.2. The molecule has 2 rings (SSSR count). The first-order valence-corrected chi connectivity index (χ1v) is 8.23. The average molecular weight is 317 g/mol. The number of aryl methyl sites for hydroxylation is 2. The van der Waals surface area contributed by atoms with Gasteiger partial charge < -0.3 is 14.6 Å². The van der Waals surface area contributed by atoms with E-state index in [2.05, 4.69) is 4.72 Å². The fourth-order valence-electron chi connectivity index (χ4n) is 2.78. The molecule has 1 heterocycles. The van der Waals surface area contributed by atoms with Gasteiger partial charge >= 0.3 is 5.97 Å². The van der Waals surface area contributed by atoms with Gasteiger partial charge in [0.2, 0.25) is 10.0 Å². The van der Waals surface area contributed by atoms with Crippen LogP contribution in [0.15, 0.2) is 9.31 Å². The fraction of sp³-hybridized carbons (Fsp3) is 0.615. The molecule has 1 aromatic rings. The maximum Gasteiger partial charge on any atom is 0.340 e. The highest BCUT2D eigenvalue weighted by molar-refractivity contribution is 7.89. The van der Waals surface area contributed by atoms with Gasteiger partial charge in [0.15, 0.2) is 0 Å². The van der Waals surface area contributed by atoms with Crippen LogP contribution >= 0.6 is 0 Å². The van der Waals surface area contributed by atoms with Crippen molar-refractivity contribution in [1.29, 1.82) is 0 Å². The van der Waals surface area contributed by atoms with Crippen LogP contribution in [0.5, 0.6) is 0 Å². The SMILES string of the molecule is Cc1oc(C)c(S(=O)(=O)NCC2CCCC2O)c1C(=O)O. The molecule has 0 radical (unpaired) electrons. The van der Waals surface area contributed by atoms with Crippen LogP contribution in [0, 0.1) is 19.8 Å². The number of hydrogen-bond acceptors (Lipinski definition) is 5. The molecule has 8 heteroatoms. The Hall–Kier alpha value is -1.38. The molecule has 2 unspecified atom stereocenters. The standard InChI is InChI=1S/C13H19NO6S/c1-7-11(13(16)17)12(8(2)20-7)21(18,19)14-6-9-4-3-5-10(9)15/h9-10,14-15H,3-6H2,1-2H3,(H,16,17). The first kappa shape index (κ1) is 16.0. The van der Waals surface area contributed by atoms with Gasteiger partial charge in [-0.2, -0.15) is 0 Å². The molecule has 0 aromatic carbocycles. The minimum Gasteiger partial charge on any atom is -0.478 e. The van der Waals surface area contributed by atoms with E-state index in [1.54, 1.807) is 0 Å². The van der Waals surface area contributed by atoms with E-state index >= 15 is 0 Å². The molecule has 118 valence electrons. The van der Waals surface area contributed by atoms with Crippen LogP contribution in [0.2, 0.25) is 0 Å². The zero-order chi connectivity index (χ0) is 15.8. The van der Waals surface area contributed by atoms with E-state index in [4.69, 9.17) is 9.52 Å². The monoisotopic (exact) mass is 317 g/mol. The minimum absolute atomic E-state index is 0.0457. The van der Waals surface area contributed by atoms with E-state index in [1.165, 1.54) is 13.8 Å². The summed E-state index contributed by atoms with van der Waals surface area (Å²) in [5, 5.41) is 18.9. The van der Waals surface area contributed by atoms with E-state index in [0.717, 1.165) is 12.8 Å². The Morgan fingerprint density at radius 1 is 1.33 bits per heavy atom. The molecule has 21 heavy (non-hydrogen) atoms. The molecule has 1 aromatic heterocycles. The lowest BCUT2D eigenvalue weighted by atomic mass is 10.1. The first-order chi connectivity index (χ1) is 9.74. The Labute approximate surface area is 123 Å². The Morgan fingerprint density at radius 2 is 2.00 bits per heavy atom. The lowest BCUT2D eigenvalue weighted by molar-refractivity contribution is 0.0691. The van der Waals surface area contributed by atoms with Crippen molar-refractivity contribution in [3.8, 4) is 0 Å². The topological polar surface area (TPSA) is 117 Å². The van der Waals surface area contributed by atoms with Gasteiger partial charge in [0.1, 0.15) is 22.0 Å². The molecule has 7 nitrogen and oxygen atoms in total. The second-order valence-electron chi connectivity index (χ2n) is 5.33. The van der Waals surface area contributed by atoms with Crippen LogP contribution in [0.4, 0.5) is 0 Å². The highest BCUT2D eigenvalue weighted by Gasteiger charge is 2.32. The quantitative estimate of drug-likeness (QED) is 0.747. The fourth-order valence-corrected chi connectivity index (χ4v) is 4.28. The molecule has 1 fully saturated rings. The third kappa shape index (κ3) is 3.12. The molecular formula is C13H19NO6S. The number of furan rings is 1. The van der Waals surface area contributed by atoms with Gasteiger partial charge in [0.05, 0.1) is 6.10 Å². The summed E-state index contributed by atoms with van der Waals surface area (Å²) in [7, 11) is -3.99. The molecule has 2 atom stereocenters. The van der Waals surface area contributed by atoms with Gasteiger partial charge in [0, 0.05) is 6.54 Å². The number of aliphatic hydroxyl groups is 1. The van der Waals surface area contributed by atoms with Crippen LogP contribution in [0.25, 0.3) is 0 Å². The van der Waals surface area contributed by atoms with Crippen molar-refractivity contribution in [2.24, 2.45) is 5.92 Å². The number of aromatic carboxylic acids is 1. The van der Waals surface area contributed by atoms with E-state index in [9.17, 15) is 18.3 Å². The van der Waals surface area contributed by atoms with Crippen LogP contribution < -0.4 is 4.72 Å². The van der Waals surface area contributed by atoms with E-state index in [0.29, 0.717) is 6.42 Å². The lowest BCUT2D eigenvalue weighted by Gasteiger charge is -2.15. The first-order valence-electron chi connectivity index (χ1n) is 6.75. The van der Waals surface area contributed by atoms with Crippen LogP contribution in [0.1, 0.15) is 41.1 Å². The predicted molar refractivity (Wildman–Crippen MR) is 73.7 cm³/mol. The zero-order valence-corrected chi connectivity index (χ0v) is 12.7. The Bertz CT molecular complexity index is 648. The van der Waals surface area contributed by atoms with Gasteiger partial charge in [0.25, 0.3) is 0 Å². The molecule has 1 aliphatic rings. The Balaban J connectivity index is 2.25. The van der Waals surface area contributed by atoms with Gasteiger partial charge in [-0.25, -0.2) is 17.9 Å². The number of nitrogens with one attached hydrogen (secondary N) is 1. The lowest BCUT2D eigenvalue weighted by Crippen LogP contribution is -2.33. The van der Waals surface area contributed by atoms with Crippen LogP contribution in [0.3, 0.4) is 0 Å². The Kier molecular flexibility index (Phi) is 4.40. The molecule has 0 bridgehead atoms. The van der Waals surface area contributed by atoms with Crippen molar-refractivity contribution in [1.82, 2.24) is 4.72 Å². The molecule has 1 aliphatic carbocycles. The molecule has 0 spiro atoms. The molecule has 0 amide bonds. The zero-order valence-electron chi connectivity index (χ0n) is 11.9. The van der Waals surface area contributed by atoms with Gasteiger partial charge in [-0.05, 0) is 32.6 Å². The summed E-state index contributed by atoms with van der Waals surface area (Å²) in [6, 6.07) is 0. The van der Waals surface area contributed by atoms with Crippen LogP contribution in [-0.4, -0.2) is 37.2 Å². The second kappa shape index (κ2) is 5.78. The van der Waals surface area contributed by atoms with Crippen molar-refractivity contribution < 1.29 is 27.8 Å². The Morgan fingerprint density at radius 3 is 2.52 bits per heavy atom. The summed E-state index contributed by atoms with van der Waals surface area (Å²) in [6.45, 7) is 2.92. The number of carboxylic acids is 1. The van der Waals surface area contributed by atoms with Gasteiger partial charge in [-0.1, -0.05) is 6.42 Å². The van der Waals surface area contributed by atoms with E-state index in [1.807, 2.05) is 0 Å². The van der Waals surface area contributed by atoms with Gasteiger partial charge in [-0.15, -0.1) is 0 Å². The number of carbonyl (C=O) groups is 1. The molecule has 0 saturated heterocycles. The maximum atomic E-state index is 12.3. The average Bonchev–Trinajstić information content (AvgIpc) is 2.90. The molecular weight excluding hydrogens is 298 g/mol. The van der Waals surface area contributed by atoms with Crippen molar-refractivity contribution in [3.63, 3.8) is 0 Å². The number of hydrogen-bond donors (Lipinski definition) is 3.